The van der Waals surface area contributed by atoms with Gasteiger partial charge in [0.1, 0.15) is 13.2 Å². The van der Waals surface area contributed by atoms with E-state index in [1.165, 1.54) is 45.1 Å². The molecule has 0 spiro atoms. The molecule has 0 saturated carbocycles. The summed E-state index contributed by atoms with van der Waals surface area (Å²) in [4.78, 5) is 11.4. The van der Waals surface area contributed by atoms with Crippen molar-refractivity contribution >= 4 is 5.97 Å². The number of ether oxygens (including phenoxy) is 1. The third-order valence-electron chi connectivity index (χ3n) is 4.47. The quantitative estimate of drug-likeness (QED) is 0.219. The Balaban J connectivity index is 4.05. The fourth-order valence-corrected chi connectivity index (χ4v) is 2.65. The van der Waals surface area contributed by atoms with Crippen LogP contribution in [0, 0.1) is 0 Å². The largest absolute Gasteiger partial charge is 0.456 e. The number of likely N-dealkylation sites (N-methyl/N-ethyl adjacent to an activating group) is 1. The first-order valence-electron chi connectivity index (χ1n) is 8.69. The van der Waals surface area contributed by atoms with Gasteiger partial charge in [0, 0.05) is 5.57 Å². The van der Waals surface area contributed by atoms with E-state index in [1.54, 1.807) is 6.92 Å². The molecular weight excluding hydrogens is 262 g/mol. The molecule has 0 aliphatic carbocycles. The van der Waals surface area contributed by atoms with Crippen LogP contribution < -0.4 is 0 Å². The highest BCUT2D eigenvalue weighted by Gasteiger charge is 2.23. The Morgan fingerprint density at radius 2 is 1.52 bits per heavy atom. The van der Waals surface area contributed by atoms with E-state index in [1.807, 2.05) is 0 Å². The van der Waals surface area contributed by atoms with Crippen LogP contribution in [0.3, 0.4) is 0 Å². The number of carbonyl (C=O) groups is 1. The summed E-state index contributed by atoms with van der Waals surface area (Å²) < 4.78 is 6.32. The predicted molar refractivity (Wildman–Crippen MR) is 90.2 cm³/mol. The molecule has 21 heavy (non-hydrogen) atoms. The Morgan fingerprint density at radius 1 is 0.952 bits per heavy atom. The van der Waals surface area contributed by atoms with Crippen LogP contribution in [0.5, 0.6) is 0 Å². The topological polar surface area (TPSA) is 26.3 Å². The van der Waals surface area contributed by atoms with E-state index in [-0.39, 0.29) is 5.97 Å². The highest BCUT2D eigenvalue weighted by Crippen LogP contribution is 2.12. The minimum Gasteiger partial charge on any atom is -0.456 e. The summed E-state index contributed by atoms with van der Waals surface area (Å²) in [6, 6.07) is 0. The lowest BCUT2D eigenvalue weighted by atomic mass is 10.1. The monoisotopic (exact) mass is 298 g/mol. The average Bonchev–Trinajstić information content (AvgIpc) is 2.48. The molecular formula is C18H36NO2+. The van der Waals surface area contributed by atoms with Crippen molar-refractivity contribution in [1.82, 2.24) is 0 Å². The van der Waals surface area contributed by atoms with Crippen molar-refractivity contribution in [2.24, 2.45) is 0 Å². The summed E-state index contributed by atoms with van der Waals surface area (Å²) in [5.41, 5.74) is 0.483. The first kappa shape index (κ1) is 20.2. The van der Waals surface area contributed by atoms with Gasteiger partial charge < -0.3 is 9.22 Å². The van der Waals surface area contributed by atoms with E-state index in [0.29, 0.717) is 12.2 Å². The molecule has 0 amide bonds. The summed E-state index contributed by atoms with van der Waals surface area (Å²) in [5.74, 6) is -0.264. The number of hydrogen-bond acceptors (Lipinski definition) is 2. The lowest BCUT2D eigenvalue weighted by molar-refractivity contribution is -0.925. The number of quaternary nitrogens is 1. The number of unbranched alkanes of at least 4 members (excludes halogenated alkanes) is 5. The highest BCUT2D eigenvalue weighted by atomic mass is 16.5. The molecule has 0 aliphatic rings. The molecule has 0 aromatic rings. The molecule has 124 valence electrons. The van der Waals surface area contributed by atoms with Gasteiger partial charge in [-0.25, -0.2) is 4.79 Å². The molecule has 0 aliphatic heterocycles. The van der Waals surface area contributed by atoms with Crippen molar-refractivity contribution in [3.05, 3.63) is 12.2 Å². The van der Waals surface area contributed by atoms with Crippen LogP contribution in [-0.2, 0) is 9.53 Å². The van der Waals surface area contributed by atoms with Gasteiger partial charge in [0.2, 0.25) is 0 Å². The number of carbonyl (C=O) groups excluding carboxylic acids is 1. The van der Waals surface area contributed by atoms with E-state index in [0.717, 1.165) is 24.1 Å². The minimum atomic E-state index is -0.264. The summed E-state index contributed by atoms with van der Waals surface area (Å²) in [6.07, 6.45) is 7.98. The number of nitrogens with zero attached hydrogens (tertiary/aromatic N) is 1. The van der Waals surface area contributed by atoms with Crippen molar-refractivity contribution in [2.75, 3.05) is 32.8 Å². The van der Waals surface area contributed by atoms with Gasteiger partial charge in [0.25, 0.3) is 0 Å². The zero-order chi connectivity index (χ0) is 16.1. The maximum atomic E-state index is 11.4. The van der Waals surface area contributed by atoms with Crippen molar-refractivity contribution < 1.29 is 14.0 Å². The molecule has 0 atom stereocenters. The van der Waals surface area contributed by atoms with E-state index >= 15 is 0 Å². The van der Waals surface area contributed by atoms with E-state index in [9.17, 15) is 4.79 Å². The van der Waals surface area contributed by atoms with Gasteiger partial charge in [-0.3, -0.25) is 0 Å². The zero-order valence-corrected chi connectivity index (χ0v) is 14.7. The number of rotatable bonds is 13. The lowest BCUT2D eigenvalue weighted by Crippen LogP contribution is -2.50. The van der Waals surface area contributed by atoms with Gasteiger partial charge in [-0.05, 0) is 33.6 Å². The van der Waals surface area contributed by atoms with Crippen LogP contribution in [0.4, 0.5) is 0 Å². The maximum Gasteiger partial charge on any atom is 0.333 e. The maximum absolute atomic E-state index is 11.4. The standard InChI is InChI=1S/C18H36NO2/c1-6-9-10-11-12-13-14-19(7-2,8-3)15-16-21-18(20)17(4)5/h4,6-16H2,1-3,5H3/q+1. The van der Waals surface area contributed by atoms with Gasteiger partial charge in [0.05, 0.1) is 19.6 Å². The molecule has 0 fully saturated rings. The molecule has 0 unspecified atom stereocenters. The molecule has 3 nitrogen and oxygen atoms in total. The third-order valence-corrected chi connectivity index (χ3v) is 4.47. The third kappa shape index (κ3) is 8.92. The van der Waals surface area contributed by atoms with Gasteiger partial charge in [-0.15, -0.1) is 0 Å². The molecule has 0 heterocycles. The van der Waals surface area contributed by atoms with Gasteiger partial charge in [-0.1, -0.05) is 39.2 Å². The lowest BCUT2D eigenvalue weighted by Gasteiger charge is -2.36. The fraction of sp³-hybridized carbons (Fsp3) is 0.833. The number of esters is 1. The molecule has 3 heteroatoms. The predicted octanol–water partition coefficient (Wildman–Crippen LogP) is 4.32. The van der Waals surface area contributed by atoms with Crippen LogP contribution >= 0.6 is 0 Å². The van der Waals surface area contributed by atoms with Gasteiger partial charge in [0.15, 0.2) is 0 Å². The second-order valence-electron chi connectivity index (χ2n) is 6.11. The van der Waals surface area contributed by atoms with Crippen LogP contribution in [0.2, 0.25) is 0 Å². The molecule has 0 aromatic carbocycles. The van der Waals surface area contributed by atoms with Crippen LogP contribution in [0.25, 0.3) is 0 Å². The summed E-state index contributed by atoms with van der Waals surface area (Å²) >= 11 is 0. The molecule has 0 aromatic heterocycles. The molecule has 0 N–H and O–H groups in total. The Kier molecular flexibility index (Phi) is 11.3. The summed E-state index contributed by atoms with van der Waals surface area (Å²) in [5, 5.41) is 0. The van der Waals surface area contributed by atoms with E-state index in [4.69, 9.17) is 4.74 Å². The Bertz CT molecular complexity index is 296. The van der Waals surface area contributed by atoms with E-state index in [2.05, 4.69) is 27.4 Å². The fourth-order valence-electron chi connectivity index (χ4n) is 2.65. The van der Waals surface area contributed by atoms with Crippen molar-refractivity contribution in [3.63, 3.8) is 0 Å². The van der Waals surface area contributed by atoms with Crippen LogP contribution in [-0.4, -0.2) is 43.2 Å². The smallest absolute Gasteiger partial charge is 0.333 e. The Labute approximate surface area is 131 Å². The van der Waals surface area contributed by atoms with Crippen molar-refractivity contribution in [3.8, 4) is 0 Å². The second-order valence-corrected chi connectivity index (χ2v) is 6.11. The minimum absolute atomic E-state index is 0.264. The Morgan fingerprint density at radius 3 is 2.05 bits per heavy atom. The molecule has 0 rings (SSSR count). The van der Waals surface area contributed by atoms with Crippen molar-refractivity contribution in [1.29, 1.82) is 0 Å². The molecule has 0 radical (unpaired) electrons. The number of hydrogen-bond donors (Lipinski definition) is 0. The van der Waals surface area contributed by atoms with Crippen LogP contribution in [0.15, 0.2) is 12.2 Å². The Hall–Kier alpha value is -0.830. The summed E-state index contributed by atoms with van der Waals surface area (Å²) in [6.45, 7) is 16.9. The zero-order valence-electron chi connectivity index (χ0n) is 14.7. The first-order valence-corrected chi connectivity index (χ1v) is 8.69. The SMILES string of the molecule is C=C(C)C(=O)OCC[N+](CC)(CC)CCCCCCCC. The van der Waals surface area contributed by atoms with E-state index < -0.39 is 0 Å². The normalized spacial score (nSPS) is 11.4. The second kappa shape index (κ2) is 11.8. The molecule has 0 bridgehead atoms. The average molecular weight is 298 g/mol. The summed E-state index contributed by atoms with van der Waals surface area (Å²) in [7, 11) is 0. The van der Waals surface area contributed by atoms with Gasteiger partial charge >= 0.3 is 5.97 Å². The first-order chi connectivity index (χ1) is 10.0. The van der Waals surface area contributed by atoms with Gasteiger partial charge in [-0.2, -0.15) is 0 Å². The van der Waals surface area contributed by atoms with Crippen molar-refractivity contribution in [2.45, 2.75) is 66.2 Å². The highest BCUT2D eigenvalue weighted by molar-refractivity contribution is 5.86. The molecule has 0 saturated heterocycles. The van der Waals surface area contributed by atoms with Crippen LogP contribution in [0.1, 0.15) is 66.2 Å².